The van der Waals surface area contributed by atoms with Crippen LogP contribution >= 0.6 is 0 Å². The number of rotatable bonds is 10. The van der Waals surface area contributed by atoms with Gasteiger partial charge in [0.2, 0.25) is 5.82 Å². The summed E-state index contributed by atoms with van der Waals surface area (Å²) in [6.45, 7) is 4.74. The molecule has 0 spiro atoms. The Morgan fingerprint density at radius 2 is 1.03 bits per heavy atom. The Hall–Kier alpha value is -2.04. The van der Waals surface area contributed by atoms with Gasteiger partial charge in [0.1, 0.15) is 0 Å². The van der Waals surface area contributed by atoms with Gasteiger partial charge >= 0.3 is 0 Å². The fourth-order valence-corrected chi connectivity index (χ4v) is 6.36. The van der Waals surface area contributed by atoms with E-state index in [1.54, 1.807) is 18.2 Å². The van der Waals surface area contributed by atoms with Crippen molar-refractivity contribution in [3.05, 3.63) is 64.2 Å². The van der Waals surface area contributed by atoms with Gasteiger partial charge in [0.05, 0.1) is 6.61 Å². The van der Waals surface area contributed by atoms with Gasteiger partial charge in [-0.3, -0.25) is 0 Å². The van der Waals surface area contributed by atoms with Crippen LogP contribution in [0.1, 0.15) is 132 Å². The number of ether oxygens (including phenoxy) is 1. The summed E-state index contributed by atoms with van der Waals surface area (Å²) in [7, 11) is 0. The average molecular weight is 519 g/mol. The first-order chi connectivity index (χ1) is 17.9. The standard InChI is InChI=1S/C32H42F4O/c1-3-4-5-6-7-20-37-28-19-18-27(31(35)32(28)36)24-14-12-23(13-15-24)26-17-16-25(29(33)30(26)34)22-10-8-21(2)9-11-22/h16-19,21-24H,3-15,20H2,1-2H3. The molecule has 204 valence electrons. The quantitative estimate of drug-likeness (QED) is 0.224. The van der Waals surface area contributed by atoms with Crippen molar-refractivity contribution in [3.63, 3.8) is 0 Å². The third kappa shape index (κ3) is 6.70. The largest absolute Gasteiger partial charge is 0.490 e. The molecule has 37 heavy (non-hydrogen) atoms. The molecule has 0 amide bonds. The summed E-state index contributed by atoms with van der Waals surface area (Å²) in [4.78, 5) is 0. The van der Waals surface area contributed by atoms with Crippen LogP contribution in [0.2, 0.25) is 0 Å². The molecule has 2 fully saturated rings. The SMILES string of the molecule is CCCCCCCOc1ccc(C2CCC(c3ccc(C4CCC(C)CC4)c(F)c3F)CC2)c(F)c1F. The zero-order valence-corrected chi connectivity index (χ0v) is 22.4. The van der Waals surface area contributed by atoms with E-state index in [1.165, 1.54) is 12.5 Å². The maximum Gasteiger partial charge on any atom is 0.200 e. The van der Waals surface area contributed by atoms with E-state index in [2.05, 4.69) is 13.8 Å². The Bertz CT molecular complexity index is 1020. The van der Waals surface area contributed by atoms with Crippen LogP contribution in [0.25, 0.3) is 0 Å². The van der Waals surface area contributed by atoms with E-state index in [-0.39, 0.29) is 23.5 Å². The molecular formula is C32H42F4O. The van der Waals surface area contributed by atoms with Crippen LogP contribution in [0.3, 0.4) is 0 Å². The van der Waals surface area contributed by atoms with Crippen molar-refractivity contribution < 1.29 is 22.3 Å². The van der Waals surface area contributed by atoms with Gasteiger partial charge in [-0.1, -0.05) is 70.6 Å². The number of benzene rings is 2. The van der Waals surface area contributed by atoms with E-state index in [4.69, 9.17) is 4.74 Å². The minimum absolute atomic E-state index is 0.0320. The second kappa shape index (κ2) is 13.2. The molecule has 0 aliphatic heterocycles. The Labute approximate surface area is 220 Å². The molecule has 0 aromatic heterocycles. The highest BCUT2D eigenvalue weighted by atomic mass is 19.2. The van der Waals surface area contributed by atoms with E-state index >= 15 is 8.78 Å². The van der Waals surface area contributed by atoms with Crippen LogP contribution in [0.4, 0.5) is 17.6 Å². The van der Waals surface area contributed by atoms with Gasteiger partial charge in [-0.05, 0) is 91.4 Å². The predicted molar refractivity (Wildman–Crippen MR) is 141 cm³/mol. The van der Waals surface area contributed by atoms with E-state index in [9.17, 15) is 8.78 Å². The molecule has 5 heteroatoms. The zero-order valence-electron chi connectivity index (χ0n) is 22.4. The van der Waals surface area contributed by atoms with Crippen molar-refractivity contribution in [2.24, 2.45) is 5.92 Å². The molecule has 0 unspecified atom stereocenters. The molecule has 1 nitrogen and oxygen atoms in total. The highest BCUT2D eigenvalue weighted by molar-refractivity contribution is 5.35. The second-order valence-electron chi connectivity index (χ2n) is 11.4. The summed E-state index contributed by atoms with van der Waals surface area (Å²) in [5.74, 6) is -2.68. The van der Waals surface area contributed by atoms with Crippen LogP contribution in [0.5, 0.6) is 5.75 Å². The van der Waals surface area contributed by atoms with Crippen molar-refractivity contribution in [3.8, 4) is 5.75 Å². The van der Waals surface area contributed by atoms with E-state index in [0.717, 1.165) is 51.4 Å². The second-order valence-corrected chi connectivity index (χ2v) is 11.4. The van der Waals surface area contributed by atoms with Crippen molar-refractivity contribution >= 4 is 0 Å². The Morgan fingerprint density at radius 3 is 1.54 bits per heavy atom. The van der Waals surface area contributed by atoms with Gasteiger partial charge in [0.15, 0.2) is 23.2 Å². The fourth-order valence-electron chi connectivity index (χ4n) is 6.36. The highest BCUT2D eigenvalue weighted by Crippen LogP contribution is 2.44. The van der Waals surface area contributed by atoms with Gasteiger partial charge in [0, 0.05) is 0 Å². The Balaban J connectivity index is 1.35. The first kappa shape index (κ1) is 28.0. The van der Waals surface area contributed by atoms with Crippen molar-refractivity contribution in [1.82, 2.24) is 0 Å². The monoisotopic (exact) mass is 518 g/mol. The molecule has 0 bridgehead atoms. The number of hydrogen-bond acceptors (Lipinski definition) is 1. The first-order valence-electron chi connectivity index (χ1n) is 14.5. The lowest BCUT2D eigenvalue weighted by Gasteiger charge is -2.31. The van der Waals surface area contributed by atoms with E-state index < -0.39 is 23.3 Å². The molecule has 0 radical (unpaired) electrons. The van der Waals surface area contributed by atoms with Gasteiger partial charge < -0.3 is 4.74 Å². The van der Waals surface area contributed by atoms with Crippen molar-refractivity contribution in [2.75, 3.05) is 6.61 Å². The lowest BCUT2D eigenvalue weighted by Crippen LogP contribution is -2.17. The molecule has 0 heterocycles. The predicted octanol–water partition coefficient (Wildman–Crippen LogP) is 10.3. The van der Waals surface area contributed by atoms with Crippen LogP contribution in [-0.2, 0) is 0 Å². The lowest BCUT2D eigenvalue weighted by molar-refractivity contribution is 0.283. The summed E-state index contributed by atoms with van der Waals surface area (Å²) in [5, 5.41) is 0. The molecule has 0 atom stereocenters. The third-order valence-corrected chi connectivity index (χ3v) is 8.79. The maximum absolute atomic E-state index is 15.1. The third-order valence-electron chi connectivity index (χ3n) is 8.79. The summed E-state index contributed by atoms with van der Waals surface area (Å²) < 4.78 is 65.4. The van der Waals surface area contributed by atoms with Crippen molar-refractivity contribution in [2.45, 2.75) is 115 Å². The summed E-state index contributed by atoms with van der Waals surface area (Å²) in [6, 6.07) is 6.73. The maximum atomic E-state index is 15.1. The van der Waals surface area contributed by atoms with Gasteiger partial charge in [-0.15, -0.1) is 0 Å². The molecule has 2 saturated carbocycles. The minimum Gasteiger partial charge on any atom is -0.490 e. The number of unbranched alkanes of at least 4 members (excludes halogenated alkanes) is 4. The average Bonchev–Trinajstić information content (AvgIpc) is 2.91. The molecule has 2 aliphatic rings. The summed E-state index contributed by atoms with van der Waals surface area (Å²) in [6.07, 6.45) is 11.7. The molecule has 0 N–H and O–H groups in total. The zero-order chi connectivity index (χ0) is 26.4. The minimum atomic E-state index is -0.922. The van der Waals surface area contributed by atoms with E-state index in [1.807, 2.05) is 0 Å². The summed E-state index contributed by atoms with van der Waals surface area (Å²) >= 11 is 0. The van der Waals surface area contributed by atoms with Gasteiger partial charge in [-0.2, -0.15) is 4.39 Å². The van der Waals surface area contributed by atoms with Crippen LogP contribution in [-0.4, -0.2) is 6.61 Å². The molecular weight excluding hydrogens is 476 g/mol. The molecule has 0 saturated heterocycles. The molecule has 2 aliphatic carbocycles. The van der Waals surface area contributed by atoms with Crippen LogP contribution in [0.15, 0.2) is 24.3 Å². The van der Waals surface area contributed by atoms with Crippen LogP contribution in [0, 0.1) is 29.2 Å². The molecule has 2 aromatic carbocycles. The first-order valence-corrected chi connectivity index (χ1v) is 14.5. The van der Waals surface area contributed by atoms with Crippen LogP contribution < -0.4 is 4.74 Å². The smallest absolute Gasteiger partial charge is 0.200 e. The highest BCUT2D eigenvalue weighted by Gasteiger charge is 2.31. The number of halogens is 4. The Morgan fingerprint density at radius 1 is 0.595 bits per heavy atom. The molecule has 4 rings (SSSR count). The molecule has 2 aromatic rings. The van der Waals surface area contributed by atoms with Gasteiger partial charge in [-0.25, -0.2) is 13.2 Å². The van der Waals surface area contributed by atoms with E-state index in [0.29, 0.717) is 54.9 Å². The topological polar surface area (TPSA) is 9.23 Å². The Kier molecular flexibility index (Phi) is 9.95. The van der Waals surface area contributed by atoms with Crippen molar-refractivity contribution in [1.29, 1.82) is 0 Å². The van der Waals surface area contributed by atoms with Gasteiger partial charge in [0.25, 0.3) is 0 Å². The normalized spacial score (nSPS) is 24.3. The fraction of sp³-hybridized carbons (Fsp3) is 0.625. The number of hydrogen-bond donors (Lipinski definition) is 0. The lowest BCUT2D eigenvalue weighted by atomic mass is 9.75. The summed E-state index contributed by atoms with van der Waals surface area (Å²) in [5.41, 5.74) is 1.31.